The molecule has 0 aliphatic heterocycles. The highest BCUT2D eigenvalue weighted by Crippen LogP contribution is 2.18. The minimum Gasteiger partial charge on any atom is -0.396 e. The van der Waals surface area contributed by atoms with Gasteiger partial charge in [-0.05, 0) is 36.1 Å². The molecule has 156 valence electrons. The maximum atomic E-state index is 13.0. The molecule has 0 heterocycles. The Morgan fingerprint density at radius 1 is 1.07 bits per heavy atom. The van der Waals surface area contributed by atoms with Crippen molar-refractivity contribution in [1.82, 2.24) is 10.2 Å². The van der Waals surface area contributed by atoms with E-state index in [1.165, 1.54) is 0 Å². The van der Waals surface area contributed by atoms with Gasteiger partial charge in [-0.25, -0.2) is 0 Å². The quantitative estimate of drug-likeness (QED) is 0.550. The van der Waals surface area contributed by atoms with E-state index < -0.39 is 6.04 Å². The SMILES string of the molecule is CCCC(=O)N(Cc1ccc(Cl)cc1)[C@H](Cc1ccccc1)C(=O)NCCCO. The van der Waals surface area contributed by atoms with E-state index in [9.17, 15) is 9.59 Å². The first-order chi connectivity index (χ1) is 14.0. The summed E-state index contributed by atoms with van der Waals surface area (Å²) in [5.41, 5.74) is 1.90. The fourth-order valence-corrected chi connectivity index (χ4v) is 3.23. The molecule has 0 bridgehead atoms. The van der Waals surface area contributed by atoms with Crippen molar-refractivity contribution < 1.29 is 14.7 Å². The zero-order chi connectivity index (χ0) is 21.1. The first-order valence-electron chi connectivity index (χ1n) is 10.0. The third-order valence-electron chi connectivity index (χ3n) is 4.64. The van der Waals surface area contributed by atoms with Gasteiger partial charge in [0, 0.05) is 37.6 Å². The van der Waals surface area contributed by atoms with Gasteiger partial charge in [0.05, 0.1) is 0 Å². The second-order valence-corrected chi connectivity index (χ2v) is 7.41. The van der Waals surface area contributed by atoms with Crippen LogP contribution in [0.3, 0.4) is 0 Å². The van der Waals surface area contributed by atoms with Crippen LogP contribution >= 0.6 is 11.6 Å². The number of hydrogen-bond acceptors (Lipinski definition) is 3. The molecule has 29 heavy (non-hydrogen) atoms. The van der Waals surface area contributed by atoms with E-state index >= 15 is 0 Å². The minimum atomic E-state index is -0.633. The lowest BCUT2D eigenvalue weighted by molar-refractivity contribution is -0.141. The van der Waals surface area contributed by atoms with Gasteiger partial charge in [-0.2, -0.15) is 0 Å². The Bertz CT molecular complexity index is 765. The van der Waals surface area contributed by atoms with E-state index in [-0.39, 0.29) is 18.4 Å². The summed E-state index contributed by atoms with van der Waals surface area (Å²) < 4.78 is 0. The van der Waals surface area contributed by atoms with E-state index in [1.54, 1.807) is 17.0 Å². The van der Waals surface area contributed by atoms with Crippen molar-refractivity contribution in [3.05, 3.63) is 70.7 Å². The number of aliphatic hydroxyl groups is 1. The molecule has 2 amide bonds. The number of nitrogens with one attached hydrogen (secondary N) is 1. The monoisotopic (exact) mass is 416 g/mol. The normalized spacial score (nSPS) is 11.7. The van der Waals surface area contributed by atoms with Crippen LogP contribution in [0.25, 0.3) is 0 Å². The Hall–Kier alpha value is -2.37. The van der Waals surface area contributed by atoms with Crippen molar-refractivity contribution in [1.29, 1.82) is 0 Å². The average molecular weight is 417 g/mol. The number of amides is 2. The predicted molar refractivity (Wildman–Crippen MR) is 116 cm³/mol. The molecule has 0 saturated heterocycles. The zero-order valence-electron chi connectivity index (χ0n) is 16.8. The Kier molecular flexibility index (Phi) is 9.68. The molecular formula is C23H29ClN2O3. The topological polar surface area (TPSA) is 69.6 Å². The smallest absolute Gasteiger partial charge is 0.243 e. The first-order valence-corrected chi connectivity index (χ1v) is 10.4. The molecular weight excluding hydrogens is 388 g/mol. The summed E-state index contributed by atoms with van der Waals surface area (Å²) in [6, 6.07) is 16.4. The van der Waals surface area contributed by atoms with E-state index in [0.29, 0.717) is 43.8 Å². The second kappa shape index (κ2) is 12.2. The van der Waals surface area contributed by atoms with E-state index in [0.717, 1.165) is 11.1 Å². The molecule has 2 aromatic rings. The number of rotatable bonds is 11. The largest absolute Gasteiger partial charge is 0.396 e. The fraction of sp³-hybridized carbons (Fsp3) is 0.391. The highest BCUT2D eigenvalue weighted by Gasteiger charge is 2.29. The molecule has 2 rings (SSSR count). The van der Waals surface area contributed by atoms with Gasteiger partial charge in [0.15, 0.2) is 0 Å². The molecule has 0 aromatic heterocycles. The summed E-state index contributed by atoms with van der Waals surface area (Å²) in [4.78, 5) is 27.6. The van der Waals surface area contributed by atoms with Gasteiger partial charge in [0.2, 0.25) is 11.8 Å². The summed E-state index contributed by atoms with van der Waals surface area (Å²) in [5, 5.41) is 12.5. The van der Waals surface area contributed by atoms with E-state index in [2.05, 4.69) is 5.32 Å². The standard InChI is InChI=1S/C23H29ClN2O3/c1-2-7-22(28)26(17-19-10-12-20(24)13-11-19)21(23(29)25-14-6-15-27)16-18-8-4-3-5-9-18/h3-5,8-13,21,27H,2,6-7,14-17H2,1H3,(H,25,29)/t21-/m1/s1. The molecule has 0 spiro atoms. The van der Waals surface area contributed by atoms with Gasteiger partial charge in [0.1, 0.15) is 6.04 Å². The Morgan fingerprint density at radius 2 is 1.76 bits per heavy atom. The number of carbonyl (C=O) groups excluding carboxylic acids is 2. The molecule has 5 nitrogen and oxygen atoms in total. The van der Waals surface area contributed by atoms with E-state index in [4.69, 9.17) is 16.7 Å². The highest BCUT2D eigenvalue weighted by atomic mass is 35.5. The number of aliphatic hydroxyl groups excluding tert-OH is 1. The number of halogens is 1. The van der Waals surface area contributed by atoms with Gasteiger partial charge < -0.3 is 15.3 Å². The lowest BCUT2D eigenvalue weighted by Gasteiger charge is -2.31. The van der Waals surface area contributed by atoms with Crippen molar-refractivity contribution in [2.24, 2.45) is 0 Å². The van der Waals surface area contributed by atoms with Crippen molar-refractivity contribution >= 4 is 23.4 Å². The van der Waals surface area contributed by atoms with Crippen LogP contribution < -0.4 is 5.32 Å². The van der Waals surface area contributed by atoms with Gasteiger partial charge in [-0.3, -0.25) is 9.59 Å². The summed E-state index contributed by atoms with van der Waals surface area (Å²) in [5.74, 6) is -0.263. The molecule has 0 aliphatic rings. The average Bonchev–Trinajstić information content (AvgIpc) is 2.73. The van der Waals surface area contributed by atoms with Crippen molar-refractivity contribution in [3.63, 3.8) is 0 Å². The van der Waals surface area contributed by atoms with Gasteiger partial charge in [-0.1, -0.05) is 61.0 Å². The van der Waals surface area contributed by atoms with Crippen LogP contribution in [-0.4, -0.2) is 41.0 Å². The molecule has 6 heteroatoms. The molecule has 1 atom stereocenters. The van der Waals surface area contributed by atoms with Gasteiger partial charge >= 0.3 is 0 Å². The van der Waals surface area contributed by atoms with Crippen LogP contribution in [0.15, 0.2) is 54.6 Å². The number of carbonyl (C=O) groups is 2. The molecule has 0 radical (unpaired) electrons. The van der Waals surface area contributed by atoms with Crippen LogP contribution in [0, 0.1) is 0 Å². The summed E-state index contributed by atoms with van der Waals surface area (Å²) in [6.07, 6.45) is 1.99. The molecule has 0 aliphatic carbocycles. The van der Waals surface area contributed by atoms with Gasteiger partial charge in [-0.15, -0.1) is 0 Å². The molecule has 2 N–H and O–H groups in total. The Labute approximate surface area is 177 Å². The third kappa shape index (κ3) is 7.52. The molecule has 0 unspecified atom stereocenters. The summed E-state index contributed by atoms with van der Waals surface area (Å²) >= 11 is 5.99. The molecule has 2 aromatic carbocycles. The second-order valence-electron chi connectivity index (χ2n) is 6.97. The predicted octanol–water partition coefficient (Wildman–Crippen LogP) is 3.58. The maximum Gasteiger partial charge on any atom is 0.243 e. The number of hydrogen-bond donors (Lipinski definition) is 2. The maximum absolute atomic E-state index is 13.0. The highest BCUT2D eigenvalue weighted by molar-refractivity contribution is 6.30. The summed E-state index contributed by atoms with van der Waals surface area (Å²) in [7, 11) is 0. The minimum absolute atomic E-state index is 0.00683. The zero-order valence-corrected chi connectivity index (χ0v) is 17.6. The lowest BCUT2D eigenvalue weighted by Crippen LogP contribution is -2.50. The van der Waals surface area contributed by atoms with Crippen LogP contribution in [0.4, 0.5) is 0 Å². The first kappa shape index (κ1) is 22.9. The van der Waals surface area contributed by atoms with E-state index in [1.807, 2.05) is 49.4 Å². The summed E-state index contributed by atoms with van der Waals surface area (Å²) in [6.45, 7) is 2.66. The van der Waals surface area contributed by atoms with Gasteiger partial charge in [0.25, 0.3) is 0 Å². The van der Waals surface area contributed by atoms with Crippen LogP contribution in [-0.2, 0) is 22.6 Å². The van der Waals surface area contributed by atoms with Crippen LogP contribution in [0.1, 0.15) is 37.3 Å². The Morgan fingerprint density at radius 3 is 2.38 bits per heavy atom. The van der Waals surface area contributed by atoms with Crippen LogP contribution in [0.5, 0.6) is 0 Å². The molecule has 0 saturated carbocycles. The third-order valence-corrected chi connectivity index (χ3v) is 4.89. The fourth-order valence-electron chi connectivity index (χ4n) is 3.11. The lowest BCUT2D eigenvalue weighted by atomic mass is 10.0. The Balaban J connectivity index is 2.30. The van der Waals surface area contributed by atoms with Crippen molar-refractivity contribution in [2.75, 3.05) is 13.2 Å². The molecule has 0 fully saturated rings. The number of nitrogens with zero attached hydrogens (tertiary/aromatic N) is 1. The van der Waals surface area contributed by atoms with Crippen molar-refractivity contribution in [3.8, 4) is 0 Å². The number of benzene rings is 2. The van der Waals surface area contributed by atoms with Crippen molar-refractivity contribution in [2.45, 2.75) is 45.2 Å². The van der Waals surface area contributed by atoms with Crippen LogP contribution in [0.2, 0.25) is 5.02 Å².